The van der Waals surface area contributed by atoms with Gasteiger partial charge >= 0.3 is 5.97 Å². The summed E-state index contributed by atoms with van der Waals surface area (Å²) in [7, 11) is 1.33. The number of benzene rings is 1. The maximum absolute atomic E-state index is 12.1. The number of esters is 1. The Balaban J connectivity index is 1.74. The number of methoxy groups -OCH3 is 1. The molecule has 0 aliphatic carbocycles. The summed E-state index contributed by atoms with van der Waals surface area (Å²) in [4.78, 5) is 18.2. The molecule has 1 aliphatic heterocycles. The number of aromatic nitrogens is 1. The largest absolute Gasteiger partial charge is 0.464 e. The van der Waals surface area contributed by atoms with Crippen LogP contribution < -0.4 is 4.90 Å². The number of ether oxygens (including phenoxy) is 3. The van der Waals surface area contributed by atoms with Gasteiger partial charge in [-0.15, -0.1) is 0 Å². The highest BCUT2D eigenvalue weighted by Crippen LogP contribution is 2.24. The Bertz CT molecular complexity index is 742. The summed E-state index contributed by atoms with van der Waals surface area (Å²) in [5.41, 5.74) is 1.97. The fourth-order valence-electron chi connectivity index (χ4n) is 2.82. The first-order valence-corrected chi connectivity index (χ1v) is 8.78. The van der Waals surface area contributed by atoms with Crippen molar-refractivity contribution >= 4 is 23.3 Å². The molecule has 0 saturated carbocycles. The molecule has 1 saturated heterocycles. The highest BCUT2D eigenvalue weighted by atomic mass is 35.5. The fraction of sp³-hybridized carbons (Fsp3) is 0.368. The molecule has 0 spiro atoms. The Morgan fingerprint density at radius 3 is 2.88 bits per heavy atom. The topological polar surface area (TPSA) is 60.9 Å². The Labute approximate surface area is 157 Å². The minimum absolute atomic E-state index is 0.126. The monoisotopic (exact) mass is 376 g/mol. The summed E-state index contributed by atoms with van der Waals surface area (Å²) < 4.78 is 16.5. The maximum Gasteiger partial charge on any atom is 0.358 e. The van der Waals surface area contributed by atoms with Crippen molar-refractivity contribution in [1.29, 1.82) is 0 Å². The van der Waals surface area contributed by atoms with Crippen molar-refractivity contribution in [3.05, 3.63) is 58.9 Å². The number of carbonyl (C=O) groups is 1. The molecule has 0 bridgehead atoms. The summed E-state index contributed by atoms with van der Waals surface area (Å²) in [6.07, 6.45) is -0.126. The van der Waals surface area contributed by atoms with Crippen LogP contribution in [0.3, 0.4) is 0 Å². The van der Waals surface area contributed by atoms with Crippen molar-refractivity contribution in [3.63, 3.8) is 0 Å². The van der Waals surface area contributed by atoms with E-state index in [2.05, 4.69) is 4.98 Å². The molecular weight excluding hydrogens is 356 g/mol. The first kappa shape index (κ1) is 18.6. The Hall–Kier alpha value is -2.15. The molecule has 26 heavy (non-hydrogen) atoms. The molecule has 1 aromatic heterocycles. The summed E-state index contributed by atoms with van der Waals surface area (Å²) in [6, 6.07) is 13.4. The smallest absolute Gasteiger partial charge is 0.358 e. The lowest BCUT2D eigenvalue weighted by Gasteiger charge is -2.26. The Morgan fingerprint density at radius 2 is 2.12 bits per heavy atom. The van der Waals surface area contributed by atoms with Crippen molar-refractivity contribution in [2.45, 2.75) is 12.7 Å². The number of rotatable bonds is 5. The molecule has 0 radical (unpaired) electrons. The minimum Gasteiger partial charge on any atom is -0.464 e. The molecule has 0 amide bonds. The molecule has 0 N–H and O–H groups in total. The van der Waals surface area contributed by atoms with E-state index in [0.29, 0.717) is 38.6 Å². The highest BCUT2D eigenvalue weighted by Gasteiger charge is 2.24. The van der Waals surface area contributed by atoms with Gasteiger partial charge in [0, 0.05) is 13.1 Å². The first-order valence-electron chi connectivity index (χ1n) is 8.40. The molecule has 1 atom stereocenters. The minimum atomic E-state index is -0.519. The van der Waals surface area contributed by atoms with Crippen LogP contribution in [0.25, 0.3) is 0 Å². The van der Waals surface area contributed by atoms with Crippen LogP contribution in [0.1, 0.15) is 16.1 Å². The predicted molar refractivity (Wildman–Crippen MR) is 98.6 cm³/mol. The zero-order valence-electron chi connectivity index (χ0n) is 14.6. The first-order chi connectivity index (χ1) is 12.7. The van der Waals surface area contributed by atoms with Gasteiger partial charge in [-0.2, -0.15) is 0 Å². The van der Waals surface area contributed by atoms with Crippen LogP contribution in [0.5, 0.6) is 0 Å². The Morgan fingerprint density at radius 1 is 1.31 bits per heavy atom. The van der Waals surface area contributed by atoms with E-state index in [1.54, 1.807) is 12.1 Å². The standard InChI is InChI=1S/C19H21ClN2O4/c1-24-19(23)18-16(7-8-17(20)21-18)22-9-10-25-13-15(11-22)26-12-14-5-3-2-4-6-14/h2-8,15H,9-13H2,1H3. The Kier molecular flexibility index (Phi) is 6.44. The molecule has 2 aromatic rings. The second-order valence-electron chi connectivity index (χ2n) is 5.93. The van der Waals surface area contributed by atoms with E-state index in [1.165, 1.54) is 7.11 Å². The summed E-state index contributed by atoms with van der Waals surface area (Å²) in [5, 5.41) is 0.247. The fourth-order valence-corrected chi connectivity index (χ4v) is 2.96. The average molecular weight is 377 g/mol. The zero-order valence-corrected chi connectivity index (χ0v) is 15.3. The zero-order chi connectivity index (χ0) is 18.4. The molecule has 6 nitrogen and oxygen atoms in total. The van der Waals surface area contributed by atoms with Crippen LogP contribution in [0.2, 0.25) is 5.15 Å². The van der Waals surface area contributed by atoms with Crippen LogP contribution >= 0.6 is 11.6 Å². The number of hydrogen-bond acceptors (Lipinski definition) is 6. The van der Waals surface area contributed by atoms with Crippen LogP contribution in [0, 0.1) is 0 Å². The second-order valence-corrected chi connectivity index (χ2v) is 6.32. The summed E-state index contributed by atoms with van der Waals surface area (Å²) in [5.74, 6) is -0.519. The SMILES string of the molecule is COC(=O)c1nc(Cl)ccc1N1CCOCC(OCc2ccccc2)C1. The van der Waals surface area contributed by atoms with E-state index in [1.807, 2.05) is 35.2 Å². The van der Waals surface area contributed by atoms with E-state index < -0.39 is 5.97 Å². The van der Waals surface area contributed by atoms with Gasteiger partial charge in [-0.3, -0.25) is 0 Å². The van der Waals surface area contributed by atoms with Gasteiger partial charge in [-0.25, -0.2) is 9.78 Å². The van der Waals surface area contributed by atoms with Gasteiger partial charge in [0.25, 0.3) is 0 Å². The van der Waals surface area contributed by atoms with Crippen LogP contribution in [0.4, 0.5) is 5.69 Å². The number of carbonyl (C=O) groups excluding carboxylic acids is 1. The van der Waals surface area contributed by atoms with Crippen molar-refractivity contribution < 1.29 is 19.0 Å². The molecule has 2 heterocycles. The second kappa shape index (κ2) is 8.98. The third kappa shape index (κ3) is 4.72. The van der Waals surface area contributed by atoms with E-state index in [0.717, 1.165) is 5.56 Å². The van der Waals surface area contributed by atoms with E-state index in [9.17, 15) is 4.79 Å². The normalized spacial score (nSPS) is 17.6. The lowest BCUT2D eigenvalue weighted by Crippen LogP contribution is -2.35. The van der Waals surface area contributed by atoms with Crippen LogP contribution in [0.15, 0.2) is 42.5 Å². The van der Waals surface area contributed by atoms with Gasteiger partial charge in [0.05, 0.1) is 38.7 Å². The maximum atomic E-state index is 12.1. The lowest BCUT2D eigenvalue weighted by molar-refractivity contribution is -0.00796. The van der Waals surface area contributed by atoms with Crippen LogP contribution in [-0.4, -0.2) is 50.5 Å². The van der Waals surface area contributed by atoms with Crippen molar-refractivity contribution in [3.8, 4) is 0 Å². The van der Waals surface area contributed by atoms with E-state index in [4.69, 9.17) is 25.8 Å². The molecule has 138 valence electrons. The van der Waals surface area contributed by atoms with Gasteiger partial charge < -0.3 is 19.1 Å². The molecule has 7 heteroatoms. The molecule has 1 unspecified atom stereocenters. The third-order valence-corrected chi connectivity index (χ3v) is 4.33. The number of nitrogens with zero attached hydrogens (tertiary/aromatic N) is 2. The van der Waals surface area contributed by atoms with E-state index >= 15 is 0 Å². The van der Waals surface area contributed by atoms with Gasteiger partial charge in [0.2, 0.25) is 0 Å². The van der Waals surface area contributed by atoms with Gasteiger partial charge in [0.1, 0.15) is 5.15 Å². The third-order valence-electron chi connectivity index (χ3n) is 4.12. The molecule has 1 aliphatic rings. The van der Waals surface area contributed by atoms with Gasteiger partial charge in [-0.05, 0) is 17.7 Å². The predicted octanol–water partition coefficient (Wildman–Crippen LogP) is 2.94. The highest BCUT2D eigenvalue weighted by molar-refractivity contribution is 6.29. The summed E-state index contributed by atoms with van der Waals surface area (Å²) >= 11 is 5.95. The van der Waals surface area contributed by atoms with Gasteiger partial charge in [-0.1, -0.05) is 41.9 Å². The quantitative estimate of drug-likeness (QED) is 0.590. The van der Waals surface area contributed by atoms with Crippen molar-refractivity contribution in [1.82, 2.24) is 4.98 Å². The molecule has 1 aromatic carbocycles. The number of hydrogen-bond donors (Lipinski definition) is 0. The molecular formula is C19H21ClN2O4. The number of halogens is 1. The molecule has 3 rings (SSSR count). The summed E-state index contributed by atoms with van der Waals surface area (Å²) in [6.45, 7) is 2.75. The van der Waals surface area contributed by atoms with Crippen LogP contribution in [-0.2, 0) is 20.8 Å². The molecule has 1 fully saturated rings. The number of anilines is 1. The lowest BCUT2D eigenvalue weighted by atomic mass is 10.2. The number of pyridine rings is 1. The van der Waals surface area contributed by atoms with Crippen molar-refractivity contribution in [2.24, 2.45) is 0 Å². The van der Waals surface area contributed by atoms with Crippen molar-refractivity contribution in [2.75, 3.05) is 38.3 Å². The van der Waals surface area contributed by atoms with Gasteiger partial charge in [0.15, 0.2) is 5.69 Å². The average Bonchev–Trinajstić information content (AvgIpc) is 2.92. The van der Waals surface area contributed by atoms with E-state index in [-0.39, 0.29) is 17.0 Å².